The van der Waals surface area contributed by atoms with Crippen molar-refractivity contribution in [2.75, 3.05) is 6.54 Å². The predicted octanol–water partition coefficient (Wildman–Crippen LogP) is 4.96. The van der Waals surface area contributed by atoms with Crippen LogP contribution in [0.15, 0.2) is 53.7 Å². The van der Waals surface area contributed by atoms with Crippen molar-refractivity contribution < 1.29 is 14.7 Å². The van der Waals surface area contributed by atoms with Crippen LogP contribution in [-0.2, 0) is 4.79 Å². The Labute approximate surface area is 167 Å². The van der Waals surface area contributed by atoms with E-state index in [-0.39, 0.29) is 17.6 Å². The number of aromatic nitrogens is 1. The van der Waals surface area contributed by atoms with Gasteiger partial charge in [0.25, 0.3) is 5.91 Å². The Hall–Kier alpha value is -1.99. The third kappa shape index (κ3) is 7.64. The van der Waals surface area contributed by atoms with Gasteiger partial charge in [-0.25, -0.2) is 4.98 Å². The molecule has 0 aliphatic carbocycles. The number of nitrogens with zero attached hydrogens (tertiary/aromatic N) is 1. The van der Waals surface area contributed by atoms with Crippen molar-refractivity contribution in [2.45, 2.75) is 42.9 Å². The highest BCUT2D eigenvalue weighted by atomic mass is 33.1. The van der Waals surface area contributed by atoms with Crippen molar-refractivity contribution in [1.29, 1.82) is 0 Å². The van der Waals surface area contributed by atoms with E-state index in [9.17, 15) is 9.59 Å². The fourth-order valence-corrected chi connectivity index (χ4v) is 4.63. The maximum Gasteiger partial charge on any atom is 0.303 e. The Bertz CT molecular complexity index is 741. The molecule has 1 amide bonds. The monoisotopic (exact) mass is 404 g/mol. The molecule has 2 N–H and O–H groups in total. The van der Waals surface area contributed by atoms with Gasteiger partial charge in [-0.2, -0.15) is 0 Å². The summed E-state index contributed by atoms with van der Waals surface area (Å²) in [5, 5.41) is 12.6. The molecule has 5 nitrogen and oxygen atoms in total. The van der Waals surface area contributed by atoms with E-state index < -0.39 is 5.97 Å². The average molecular weight is 405 g/mol. The molecule has 1 heterocycles. The Morgan fingerprint density at radius 1 is 1.11 bits per heavy atom. The van der Waals surface area contributed by atoms with Gasteiger partial charge in [-0.1, -0.05) is 41.5 Å². The third-order valence-electron chi connectivity index (χ3n) is 3.91. The molecule has 0 spiro atoms. The van der Waals surface area contributed by atoms with Crippen LogP contribution in [0.4, 0.5) is 0 Å². The molecule has 2 aromatic rings. The van der Waals surface area contributed by atoms with Gasteiger partial charge in [0.2, 0.25) is 0 Å². The molecule has 0 bridgehead atoms. The Balaban J connectivity index is 1.86. The summed E-state index contributed by atoms with van der Waals surface area (Å²) in [6, 6.07) is 13.5. The van der Waals surface area contributed by atoms with Crippen molar-refractivity contribution in [3.63, 3.8) is 0 Å². The summed E-state index contributed by atoms with van der Waals surface area (Å²) in [7, 11) is 3.27. The molecule has 1 atom stereocenters. The maximum atomic E-state index is 12.6. The van der Waals surface area contributed by atoms with Gasteiger partial charge in [0, 0.05) is 30.0 Å². The summed E-state index contributed by atoms with van der Waals surface area (Å²) < 4.78 is 0. The van der Waals surface area contributed by atoms with Crippen molar-refractivity contribution in [3.8, 4) is 0 Å². The SMILES string of the molecule is CC(SSc1ccccn1)c1ccccc1C(=O)NCCCCCC(=O)O. The molecule has 7 heteroatoms. The zero-order valence-electron chi connectivity index (χ0n) is 15.3. The minimum absolute atomic E-state index is 0.0841. The van der Waals surface area contributed by atoms with E-state index >= 15 is 0 Å². The highest BCUT2D eigenvalue weighted by Crippen LogP contribution is 2.42. The largest absolute Gasteiger partial charge is 0.481 e. The molecule has 0 saturated carbocycles. The second kappa shape index (κ2) is 11.7. The number of amides is 1. The summed E-state index contributed by atoms with van der Waals surface area (Å²) in [5.41, 5.74) is 1.68. The first-order valence-corrected chi connectivity index (χ1v) is 11.1. The van der Waals surface area contributed by atoms with Gasteiger partial charge in [-0.05, 0) is 54.3 Å². The van der Waals surface area contributed by atoms with Crippen molar-refractivity contribution in [3.05, 3.63) is 59.8 Å². The number of nitrogens with one attached hydrogen (secondary N) is 1. The quantitative estimate of drug-likeness (QED) is 0.407. The van der Waals surface area contributed by atoms with Crippen LogP contribution >= 0.6 is 21.6 Å². The van der Waals surface area contributed by atoms with Gasteiger partial charge >= 0.3 is 5.97 Å². The number of aliphatic carboxylic acids is 1. The van der Waals surface area contributed by atoms with E-state index in [1.807, 2.05) is 42.5 Å². The standard InChI is InChI=1S/C20H24N2O3S2/c1-15(26-27-18-11-6-8-13-21-18)16-9-4-5-10-17(16)20(25)22-14-7-2-3-12-19(23)24/h4-6,8-11,13,15H,2-3,7,12,14H2,1H3,(H,22,25)(H,23,24). The topological polar surface area (TPSA) is 79.3 Å². The van der Waals surface area contributed by atoms with Crippen LogP contribution < -0.4 is 5.32 Å². The molecule has 27 heavy (non-hydrogen) atoms. The number of carboxylic acids is 1. The lowest BCUT2D eigenvalue weighted by atomic mass is 10.0. The van der Waals surface area contributed by atoms with Crippen molar-refractivity contribution >= 4 is 33.5 Å². The lowest BCUT2D eigenvalue weighted by molar-refractivity contribution is -0.137. The lowest BCUT2D eigenvalue weighted by Gasteiger charge is -2.15. The van der Waals surface area contributed by atoms with Crippen LogP contribution in [0.1, 0.15) is 53.8 Å². The Kier molecular flexibility index (Phi) is 9.21. The van der Waals surface area contributed by atoms with Crippen LogP contribution in [0.2, 0.25) is 0 Å². The van der Waals surface area contributed by atoms with Gasteiger partial charge in [0.1, 0.15) is 5.03 Å². The van der Waals surface area contributed by atoms with Gasteiger partial charge in [-0.15, -0.1) is 0 Å². The number of carboxylic acid groups (broad SMARTS) is 1. The van der Waals surface area contributed by atoms with Crippen LogP contribution in [-0.4, -0.2) is 28.5 Å². The number of carbonyl (C=O) groups excluding carboxylic acids is 1. The zero-order valence-corrected chi connectivity index (χ0v) is 16.9. The van der Waals surface area contributed by atoms with E-state index in [1.165, 1.54) is 0 Å². The summed E-state index contributed by atoms with van der Waals surface area (Å²) >= 11 is 0. The summed E-state index contributed by atoms with van der Waals surface area (Å²) in [4.78, 5) is 27.3. The van der Waals surface area contributed by atoms with Crippen LogP contribution in [0.5, 0.6) is 0 Å². The molecule has 1 aromatic carbocycles. The fraction of sp³-hybridized carbons (Fsp3) is 0.350. The van der Waals surface area contributed by atoms with Crippen molar-refractivity contribution in [1.82, 2.24) is 10.3 Å². The van der Waals surface area contributed by atoms with E-state index in [1.54, 1.807) is 27.8 Å². The highest BCUT2D eigenvalue weighted by molar-refractivity contribution is 8.76. The van der Waals surface area contributed by atoms with Gasteiger partial charge in [0.15, 0.2) is 0 Å². The normalized spacial score (nSPS) is 11.7. The first-order chi connectivity index (χ1) is 13.1. The van der Waals surface area contributed by atoms with E-state index in [0.717, 1.165) is 23.4 Å². The first-order valence-electron chi connectivity index (χ1n) is 8.91. The molecule has 0 fully saturated rings. The Morgan fingerprint density at radius 3 is 2.63 bits per heavy atom. The number of unbranched alkanes of at least 4 members (excludes halogenated alkanes) is 2. The van der Waals surface area contributed by atoms with E-state index in [4.69, 9.17) is 5.11 Å². The van der Waals surface area contributed by atoms with Crippen LogP contribution in [0.3, 0.4) is 0 Å². The average Bonchev–Trinajstić information content (AvgIpc) is 2.69. The molecule has 0 radical (unpaired) electrons. The molecule has 144 valence electrons. The Morgan fingerprint density at radius 2 is 1.89 bits per heavy atom. The number of carbonyl (C=O) groups is 2. The molecule has 0 saturated heterocycles. The van der Waals surface area contributed by atoms with Crippen LogP contribution in [0, 0.1) is 0 Å². The molecule has 0 aliphatic heterocycles. The first kappa shape index (κ1) is 21.3. The maximum absolute atomic E-state index is 12.6. The minimum Gasteiger partial charge on any atom is -0.481 e. The minimum atomic E-state index is -0.775. The molecule has 1 aromatic heterocycles. The zero-order chi connectivity index (χ0) is 19.5. The number of pyridine rings is 1. The molecule has 0 aliphatic rings. The van der Waals surface area contributed by atoms with E-state index in [2.05, 4.69) is 17.2 Å². The number of benzene rings is 1. The molecule has 1 unspecified atom stereocenters. The third-order valence-corrected chi connectivity index (χ3v) is 6.63. The van der Waals surface area contributed by atoms with Crippen LogP contribution in [0.25, 0.3) is 0 Å². The lowest BCUT2D eigenvalue weighted by Crippen LogP contribution is -2.25. The summed E-state index contributed by atoms with van der Waals surface area (Å²) in [5.74, 6) is -0.859. The summed E-state index contributed by atoms with van der Waals surface area (Å²) in [6.07, 6.45) is 4.16. The summed E-state index contributed by atoms with van der Waals surface area (Å²) in [6.45, 7) is 2.63. The molecule has 2 rings (SSSR count). The van der Waals surface area contributed by atoms with E-state index in [0.29, 0.717) is 18.5 Å². The second-order valence-corrected chi connectivity index (χ2v) is 8.60. The van der Waals surface area contributed by atoms with Gasteiger partial charge in [-0.3, -0.25) is 9.59 Å². The van der Waals surface area contributed by atoms with Gasteiger partial charge in [0.05, 0.1) is 0 Å². The number of rotatable bonds is 11. The molecular formula is C20H24N2O3S2. The number of hydrogen-bond donors (Lipinski definition) is 2. The fourth-order valence-electron chi connectivity index (χ4n) is 2.50. The van der Waals surface area contributed by atoms with Gasteiger partial charge < -0.3 is 10.4 Å². The second-order valence-electron chi connectivity index (χ2n) is 6.04. The van der Waals surface area contributed by atoms with Crippen molar-refractivity contribution in [2.24, 2.45) is 0 Å². The molecular weight excluding hydrogens is 380 g/mol. The highest BCUT2D eigenvalue weighted by Gasteiger charge is 2.16. The number of hydrogen-bond acceptors (Lipinski definition) is 5. The predicted molar refractivity (Wildman–Crippen MR) is 111 cm³/mol. The smallest absolute Gasteiger partial charge is 0.303 e.